The van der Waals surface area contributed by atoms with Gasteiger partial charge in [0.1, 0.15) is 24.1 Å². The molecule has 1 atom stereocenters. The van der Waals surface area contributed by atoms with Crippen LogP contribution in [0.3, 0.4) is 0 Å². The van der Waals surface area contributed by atoms with Gasteiger partial charge in [0, 0.05) is 17.5 Å². The van der Waals surface area contributed by atoms with Crippen LogP contribution in [0.15, 0.2) is 42.5 Å². The number of amides is 1. The minimum atomic E-state index is -1.10. The van der Waals surface area contributed by atoms with Crippen LogP contribution in [0.5, 0.6) is 11.5 Å². The van der Waals surface area contributed by atoms with E-state index in [9.17, 15) is 14.7 Å². The lowest BCUT2D eigenvalue weighted by Crippen LogP contribution is -2.49. The van der Waals surface area contributed by atoms with Gasteiger partial charge in [0.2, 0.25) is 0 Å². The first-order chi connectivity index (χ1) is 13.0. The summed E-state index contributed by atoms with van der Waals surface area (Å²) < 4.78 is 16.1. The zero-order valence-electron chi connectivity index (χ0n) is 15.2. The third-order valence-electron chi connectivity index (χ3n) is 4.61. The fraction of sp³-hybridized carbons (Fsp3) is 0.300. The third kappa shape index (κ3) is 3.81. The van der Waals surface area contributed by atoms with Gasteiger partial charge in [0.05, 0.1) is 20.8 Å². The topological polar surface area (TPSA) is 85.3 Å². The molecule has 3 rings (SSSR count). The molecule has 0 radical (unpaired) electrons. The van der Waals surface area contributed by atoms with Crippen molar-refractivity contribution in [1.82, 2.24) is 4.90 Å². The quantitative estimate of drug-likeness (QED) is 0.870. The molecule has 1 aliphatic heterocycles. The molecule has 0 spiro atoms. The highest BCUT2D eigenvalue weighted by Gasteiger charge is 2.38. The Hall–Kier alpha value is -3.22. The standard InChI is InChI=1S/C20H21NO6/c1-25-17-8-9-18(26-2)15-11-21(16(19(22)23)10-14(15)17)20(24)27-12-13-6-4-3-5-7-13/h3-9,16H,10-12H2,1-2H3,(H,22,23)/t16-/m0/s1. The monoisotopic (exact) mass is 371 g/mol. The maximum absolute atomic E-state index is 12.6. The number of hydrogen-bond acceptors (Lipinski definition) is 5. The first kappa shape index (κ1) is 18.6. The van der Waals surface area contributed by atoms with E-state index in [0.29, 0.717) is 11.5 Å². The van der Waals surface area contributed by atoms with E-state index in [4.69, 9.17) is 14.2 Å². The maximum Gasteiger partial charge on any atom is 0.411 e. The first-order valence-corrected chi connectivity index (χ1v) is 8.48. The molecular weight excluding hydrogens is 350 g/mol. The highest BCUT2D eigenvalue weighted by molar-refractivity contribution is 5.81. The molecule has 0 aliphatic carbocycles. The summed E-state index contributed by atoms with van der Waals surface area (Å²) >= 11 is 0. The van der Waals surface area contributed by atoms with E-state index in [-0.39, 0.29) is 19.6 Å². The average molecular weight is 371 g/mol. The van der Waals surface area contributed by atoms with Gasteiger partial charge in [-0.15, -0.1) is 0 Å². The van der Waals surface area contributed by atoms with Crippen molar-refractivity contribution in [2.24, 2.45) is 0 Å². The number of aliphatic carboxylic acids is 1. The predicted molar refractivity (Wildman–Crippen MR) is 96.8 cm³/mol. The van der Waals surface area contributed by atoms with Gasteiger partial charge in [-0.3, -0.25) is 4.90 Å². The number of ether oxygens (including phenoxy) is 3. The molecule has 0 unspecified atom stereocenters. The molecule has 27 heavy (non-hydrogen) atoms. The molecule has 1 heterocycles. The number of methoxy groups -OCH3 is 2. The van der Waals surface area contributed by atoms with Crippen LogP contribution < -0.4 is 9.47 Å². The van der Waals surface area contributed by atoms with Gasteiger partial charge < -0.3 is 19.3 Å². The number of carboxylic acid groups (broad SMARTS) is 1. The summed E-state index contributed by atoms with van der Waals surface area (Å²) in [4.78, 5) is 25.6. The Balaban J connectivity index is 1.86. The largest absolute Gasteiger partial charge is 0.496 e. The molecule has 2 aromatic rings. The number of benzene rings is 2. The van der Waals surface area contributed by atoms with Crippen molar-refractivity contribution in [3.63, 3.8) is 0 Å². The SMILES string of the molecule is COc1ccc(OC)c2c1C[C@@H](C(=O)O)N(C(=O)OCc1ccccc1)C2. The minimum Gasteiger partial charge on any atom is -0.496 e. The smallest absolute Gasteiger partial charge is 0.411 e. The molecule has 0 fully saturated rings. The zero-order valence-corrected chi connectivity index (χ0v) is 15.2. The Morgan fingerprint density at radius 1 is 1.04 bits per heavy atom. The molecular formula is C20H21NO6. The van der Waals surface area contributed by atoms with E-state index in [1.54, 1.807) is 12.1 Å². The summed E-state index contributed by atoms with van der Waals surface area (Å²) in [5.74, 6) is 0.0621. The fourth-order valence-electron chi connectivity index (χ4n) is 3.23. The molecule has 1 aliphatic rings. The predicted octanol–water partition coefficient (Wildman–Crippen LogP) is 2.85. The Kier molecular flexibility index (Phi) is 5.49. The van der Waals surface area contributed by atoms with Crippen LogP contribution in [0.25, 0.3) is 0 Å². The van der Waals surface area contributed by atoms with E-state index in [1.807, 2.05) is 30.3 Å². The average Bonchev–Trinajstić information content (AvgIpc) is 2.70. The summed E-state index contributed by atoms with van der Waals surface area (Å²) in [6, 6.07) is 11.7. The van der Waals surface area contributed by atoms with Gasteiger partial charge in [0.25, 0.3) is 0 Å². The van der Waals surface area contributed by atoms with Crippen LogP contribution in [-0.2, 0) is 29.1 Å². The van der Waals surface area contributed by atoms with Crippen LogP contribution in [-0.4, -0.2) is 42.3 Å². The highest BCUT2D eigenvalue weighted by Crippen LogP contribution is 2.37. The summed E-state index contributed by atoms with van der Waals surface area (Å²) in [7, 11) is 3.06. The molecule has 142 valence electrons. The molecule has 0 saturated heterocycles. The number of carbonyl (C=O) groups excluding carboxylic acids is 1. The molecule has 0 bridgehead atoms. The number of hydrogen-bond donors (Lipinski definition) is 1. The molecule has 7 nitrogen and oxygen atoms in total. The number of fused-ring (bicyclic) bond motifs is 1. The lowest BCUT2D eigenvalue weighted by Gasteiger charge is -2.34. The molecule has 0 aromatic heterocycles. The van der Waals surface area contributed by atoms with Crippen molar-refractivity contribution in [2.75, 3.05) is 14.2 Å². The second kappa shape index (κ2) is 7.99. The second-order valence-electron chi connectivity index (χ2n) is 6.15. The first-order valence-electron chi connectivity index (χ1n) is 8.48. The van der Waals surface area contributed by atoms with Crippen LogP contribution in [0.2, 0.25) is 0 Å². The van der Waals surface area contributed by atoms with Gasteiger partial charge in [0.15, 0.2) is 0 Å². The Labute approximate surface area is 157 Å². The molecule has 7 heteroatoms. The summed E-state index contributed by atoms with van der Waals surface area (Å²) in [6.45, 7) is 0.144. The normalized spacial score (nSPS) is 15.6. The van der Waals surface area contributed by atoms with E-state index >= 15 is 0 Å². The van der Waals surface area contributed by atoms with Gasteiger partial charge >= 0.3 is 12.1 Å². The highest BCUT2D eigenvalue weighted by atomic mass is 16.6. The molecule has 0 saturated carbocycles. The van der Waals surface area contributed by atoms with Crippen molar-refractivity contribution in [2.45, 2.75) is 25.6 Å². The van der Waals surface area contributed by atoms with Crippen molar-refractivity contribution < 1.29 is 28.9 Å². The number of carbonyl (C=O) groups is 2. The third-order valence-corrected chi connectivity index (χ3v) is 4.61. The van der Waals surface area contributed by atoms with Gasteiger partial charge in [-0.2, -0.15) is 0 Å². The summed E-state index contributed by atoms with van der Waals surface area (Å²) in [6.07, 6.45) is -0.562. The number of carboxylic acids is 1. The van der Waals surface area contributed by atoms with E-state index in [2.05, 4.69) is 0 Å². The molecule has 1 N–H and O–H groups in total. The van der Waals surface area contributed by atoms with Crippen molar-refractivity contribution in [1.29, 1.82) is 0 Å². The summed E-state index contributed by atoms with van der Waals surface area (Å²) in [5.41, 5.74) is 2.29. The van der Waals surface area contributed by atoms with Crippen LogP contribution in [0.1, 0.15) is 16.7 Å². The van der Waals surface area contributed by atoms with Crippen LogP contribution >= 0.6 is 0 Å². The molecule has 1 amide bonds. The van der Waals surface area contributed by atoms with Crippen molar-refractivity contribution >= 4 is 12.1 Å². The van der Waals surface area contributed by atoms with Crippen molar-refractivity contribution in [3.8, 4) is 11.5 Å². The van der Waals surface area contributed by atoms with Crippen LogP contribution in [0, 0.1) is 0 Å². The zero-order chi connectivity index (χ0) is 19.4. The van der Waals surface area contributed by atoms with Crippen LogP contribution in [0.4, 0.5) is 4.79 Å². The van der Waals surface area contributed by atoms with E-state index in [0.717, 1.165) is 16.7 Å². The Bertz CT molecular complexity index is 836. The lowest BCUT2D eigenvalue weighted by atomic mass is 9.92. The maximum atomic E-state index is 12.6. The lowest BCUT2D eigenvalue weighted by molar-refractivity contribution is -0.143. The van der Waals surface area contributed by atoms with Gasteiger partial charge in [-0.25, -0.2) is 9.59 Å². The minimum absolute atomic E-state index is 0.0697. The number of rotatable bonds is 5. The number of nitrogens with zero attached hydrogens (tertiary/aromatic N) is 1. The van der Waals surface area contributed by atoms with Crippen molar-refractivity contribution in [3.05, 3.63) is 59.2 Å². The van der Waals surface area contributed by atoms with E-state index < -0.39 is 18.1 Å². The van der Waals surface area contributed by atoms with Gasteiger partial charge in [-0.1, -0.05) is 30.3 Å². The fourth-order valence-corrected chi connectivity index (χ4v) is 3.23. The van der Waals surface area contributed by atoms with E-state index in [1.165, 1.54) is 19.1 Å². The summed E-state index contributed by atoms with van der Waals surface area (Å²) in [5, 5.41) is 9.64. The van der Waals surface area contributed by atoms with Gasteiger partial charge in [-0.05, 0) is 17.7 Å². The Morgan fingerprint density at radius 3 is 2.26 bits per heavy atom. The molecule has 2 aromatic carbocycles. The second-order valence-corrected chi connectivity index (χ2v) is 6.15. The Morgan fingerprint density at radius 2 is 1.67 bits per heavy atom.